The minimum Gasteiger partial charge on any atom is -0.505 e. The monoisotopic (exact) mass is 1370 g/mol. The normalized spacial score (nSPS) is 48.0. The molecule has 1 aromatic carbocycles. The zero-order chi connectivity index (χ0) is 67.3. The summed E-state index contributed by atoms with van der Waals surface area (Å²) in [5.41, 5.74) is -3.33. The van der Waals surface area contributed by atoms with Crippen molar-refractivity contribution in [3.8, 4) is 11.5 Å². The summed E-state index contributed by atoms with van der Waals surface area (Å²) in [5, 5.41) is 68.9. The third-order valence-electron chi connectivity index (χ3n) is 19.0. The number of phenols is 1. The second-order valence-electron chi connectivity index (χ2n) is 25.2. The molecule has 0 saturated carbocycles. The number of hydrogen-bond donors (Lipinski definition) is 6. The fourth-order valence-electron chi connectivity index (χ4n) is 14.5. The van der Waals surface area contributed by atoms with E-state index in [1.807, 2.05) is 0 Å². The quantitative estimate of drug-likeness (QED) is 0.115. The van der Waals surface area contributed by atoms with Gasteiger partial charge in [0, 0.05) is 41.1 Å². The number of hydrogen-bond acceptors (Lipinski definition) is 32. The predicted molar refractivity (Wildman–Crippen MR) is 304 cm³/mol. The van der Waals surface area contributed by atoms with Gasteiger partial charge in [-0.05, 0) is 61.0 Å². The van der Waals surface area contributed by atoms with Crippen LogP contribution in [0.5, 0.6) is 11.5 Å². The van der Waals surface area contributed by atoms with Crippen molar-refractivity contribution in [3.05, 3.63) is 21.2 Å². The van der Waals surface area contributed by atoms with Crippen molar-refractivity contribution >= 4 is 40.9 Å². The molecular formula is C59H84Cl2O32. The molecule has 32 nitrogen and oxygen atoms in total. The van der Waals surface area contributed by atoms with Crippen molar-refractivity contribution in [2.45, 2.75) is 270 Å². The summed E-state index contributed by atoms with van der Waals surface area (Å²) in [7, 11) is 5.34. The largest absolute Gasteiger partial charge is 0.505 e. The van der Waals surface area contributed by atoms with Gasteiger partial charge in [0.2, 0.25) is 6.29 Å². The molecule has 0 amide bonds. The average molecular weight is 1380 g/mol. The van der Waals surface area contributed by atoms with E-state index in [0.29, 0.717) is 0 Å². The first-order valence-electron chi connectivity index (χ1n) is 30.8. The summed E-state index contributed by atoms with van der Waals surface area (Å²) in [5.74, 6) is -6.85. The van der Waals surface area contributed by atoms with Crippen LogP contribution in [0.3, 0.4) is 0 Å². The number of ketones is 1. The predicted octanol–water partition coefficient (Wildman–Crippen LogP) is 0.416. The van der Waals surface area contributed by atoms with Crippen molar-refractivity contribution in [1.82, 2.24) is 0 Å². The number of esters is 2. The molecule has 10 saturated heterocycles. The lowest BCUT2D eigenvalue weighted by Crippen LogP contribution is -2.72. The summed E-state index contributed by atoms with van der Waals surface area (Å²) in [6.07, 6.45) is -32.7. The Bertz CT molecular complexity index is 2840. The van der Waals surface area contributed by atoms with E-state index in [0.717, 1.165) is 6.92 Å². The molecule has 0 aromatic heterocycles. The van der Waals surface area contributed by atoms with Gasteiger partial charge in [-0.15, -0.1) is 0 Å². The first-order chi connectivity index (χ1) is 44.0. The number of carbonyl (C=O) groups excluding carboxylic acids is 3. The Hall–Kier alpha value is -2.99. The number of carbonyl (C=O) groups is 3. The number of rotatable bonds is 17. The molecule has 34 heteroatoms. The number of aliphatic hydroxyl groups excluding tert-OH is 4. The highest BCUT2D eigenvalue weighted by molar-refractivity contribution is 6.39. The third kappa shape index (κ3) is 13.0. The number of benzene rings is 1. The van der Waals surface area contributed by atoms with Gasteiger partial charge in [-0.25, -0.2) is 4.79 Å². The summed E-state index contributed by atoms with van der Waals surface area (Å²) in [4.78, 5) is 39.1. The van der Waals surface area contributed by atoms with Gasteiger partial charge in [0.25, 0.3) is 5.97 Å². The minimum atomic E-state index is -2.12. The summed E-state index contributed by atoms with van der Waals surface area (Å²) in [6.45, 7) is 12.9. The summed E-state index contributed by atoms with van der Waals surface area (Å²) < 4.78 is 141. The number of halogens is 2. The SMILES string of the molecule is COC[C@H]1O[C@@H](O[C@@H]2OC[C@@H]3O[C@]4(O[C@H]3[C@H]2OC(C)=O)O[C@H](C)[C@@](O)(C(C)=O)[C@@H]2OCO[C@H]24)[C@@H](OC)[C@@H](O)[C@@H]1O[C@@H]1O[C@H](C)[C@H](OC)[C@H](O[C@H]2C[C@@]3(C)OC4(C[C@H](O)[C@H](O[C@H]5C[C@@H](O)[C@H](OC(=O)c6c(C)c(Cl)c(O)c(Cl)c6OC)[C@@H](C)O5)[C@@H](C)O4)O[C@@H]3[C@@H](C)O2)[C@H]1O. The van der Waals surface area contributed by atoms with Crippen molar-refractivity contribution < 1.29 is 154 Å². The van der Waals surface area contributed by atoms with Crippen LogP contribution >= 0.6 is 23.2 Å². The highest BCUT2D eigenvalue weighted by Crippen LogP contribution is 2.53. The number of methoxy groups -OCH3 is 4. The number of aromatic hydroxyl groups is 1. The molecule has 11 rings (SSSR count). The average Bonchev–Trinajstić information content (AvgIpc) is 1.59. The number of aliphatic hydroxyl groups is 5. The first kappa shape index (κ1) is 71.3. The van der Waals surface area contributed by atoms with Crippen LogP contribution in [0.2, 0.25) is 10.0 Å². The van der Waals surface area contributed by atoms with Gasteiger partial charge in [-0.3, -0.25) is 9.59 Å². The number of ether oxygens (including phenoxy) is 23. The van der Waals surface area contributed by atoms with Crippen LogP contribution in [0.15, 0.2) is 0 Å². The van der Waals surface area contributed by atoms with Crippen molar-refractivity contribution in [2.75, 3.05) is 48.4 Å². The van der Waals surface area contributed by atoms with Gasteiger partial charge in [0.15, 0.2) is 66.4 Å². The smallest absolute Gasteiger partial charge is 0.342 e. The van der Waals surface area contributed by atoms with Gasteiger partial charge in [0.05, 0.1) is 74.5 Å². The van der Waals surface area contributed by atoms with Gasteiger partial charge in [-0.2, -0.15) is 0 Å². The molecule has 10 aliphatic rings. The van der Waals surface area contributed by atoms with Crippen LogP contribution in [-0.2, 0) is 114 Å². The molecule has 0 bridgehead atoms. The highest BCUT2D eigenvalue weighted by Gasteiger charge is 2.73. The Kier molecular flexibility index (Phi) is 21.2. The molecule has 0 radical (unpaired) electrons. The van der Waals surface area contributed by atoms with Crippen LogP contribution < -0.4 is 4.74 Å². The van der Waals surface area contributed by atoms with Gasteiger partial charge < -0.3 is 140 Å². The van der Waals surface area contributed by atoms with Gasteiger partial charge in [-0.1, -0.05) is 23.2 Å². The lowest BCUT2D eigenvalue weighted by atomic mass is 9.81. The topological polar surface area (TPSA) is 385 Å². The van der Waals surface area contributed by atoms with Crippen LogP contribution in [0, 0.1) is 6.92 Å². The Morgan fingerprint density at radius 1 is 0.634 bits per heavy atom. The van der Waals surface area contributed by atoms with E-state index in [2.05, 4.69) is 0 Å². The lowest BCUT2D eigenvalue weighted by molar-refractivity contribution is -0.428. The van der Waals surface area contributed by atoms with E-state index in [1.165, 1.54) is 49.2 Å². The maximum absolute atomic E-state index is 13.5. The zero-order valence-corrected chi connectivity index (χ0v) is 54.9. The summed E-state index contributed by atoms with van der Waals surface area (Å²) in [6, 6.07) is 0. The minimum absolute atomic E-state index is 0.00377. The molecule has 6 N–H and O–H groups in total. The molecule has 1 aromatic rings. The van der Waals surface area contributed by atoms with E-state index >= 15 is 0 Å². The van der Waals surface area contributed by atoms with E-state index in [4.69, 9.17) is 132 Å². The van der Waals surface area contributed by atoms with E-state index in [1.54, 1.807) is 34.6 Å². The molecule has 10 aliphatic heterocycles. The zero-order valence-electron chi connectivity index (χ0n) is 53.4. The third-order valence-corrected chi connectivity index (χ3v) is 19.8. The fourth-order valence-corrected chi connectivity index (χ4v) is 15.0. The standard InChI is InChI=1S/C59H84Cl2O32/c1-20-34(45(73-12)36(61)37(66)35(20)60)52(69)85-40-21(2)78-32(14-28(40)64)83-41-23(4)88-57(15-29(41)65)92-49-24(5)79-33(16-56(49,9)93-57)84-46-39(68)53(80-22(3)42(46)72-11)86-43-30(17-71-10)82-55(47(74-13)38(43)67)87-54-48(81-27(8)63)44-31(18-75-54)90-59(91-44)51-50(76-19-77-51)58(70,25(6)62)26(7)89-59/h21-24,26,28-33,38-44,46-51,53-55,64-68,70H,14-19H2,1-13H3/t21-,22-,23-,24-,26-,28-,29+,30-,31+,32+,33+,38+,39-,40-,41-,42+,43-,44-,46-,47+,48-,49-,50-,51-,53+,54+,55+,56-,57?,58+,59-/m1/s1. The Labute approximate surface area is 544 Å². The van der Waals surface area contributed by atoms with Gasteiger partial charge in [0.1, 0.15) is 96.2 Å². The van der Waals surface area contributed by atoms with Crippen LogP contribution in [0.1, 0.15) is 90.6 Å². The van der Waals surface area contributed by atoms with Crippen molar-refractivity contribution in [1.29, 1.82) is 0 Å². The molecule has 10 fully saturated rings. The second kappa shape index (κ2) is 27.6. The van der Waals surface area contributed by atoms with Gasteiger partial charge >= 0.3 is 17.9 Å². The Morgan fingerprint density at radius 2 is 1.32 bits per heavy atom. The number of Topliss-reactive ketones (excluding diaryl/α,β-unsaturated/α-hetero) is 1. The van der Waals surface area contributed by atoms with E-state index in [-0.39, 0.29) is 66.2 Å². The Morgan fingerprint density at radius 3 is 1.98 bits per heavy atom. The Balaban J connectivity index is 0.715. The first-order valence-corrected chi connectivity index (χ1v) is 31.5. The molecule has 2 spiro atoms. The molecule has 10 heterocycles. The van der Waals surface area contributed by atoms with E-state index < -0.39 is 212 Å². The second-order valence-corrected chi connectivity index (χ2v) is 26.0. The number of phenolic OH excluding ortho intramolecular Hbond substituents is 1. The molecule has 31 atom stereocenters. The maximum atomic E-state index is 13.5. The molecule has 526 valence electrons. The fraction of sp³-hybridized carbons (Fsp3) is 0.847. The molecule has 0 aliphatic carbocycles. The highest BCUT2D eigenvalue weighted by atomic mass is 35.5. The van der Waals surface area contributed by atoms with Crippen molar-refractivity contribution in [3.63, 3.8) is 0 Å². The lowest BCUT2D eigenvalue weighted by Gasteiger charge is -2.49. The molecule has 93 heavy (non-hydrogen) atoms. The maximum Gasteiger partial charge on any atom is 0.342 e. The van der Waals surface area contributed by atoms with E-state index in [9.17, 15) is 45.0 Å². The summed E-state index contributed by atoms with van der Waals surface area (Å²) >= 11 is 12.5. The molecule has 1 unspecified atom stereocenters. The number of fused-ring (bicyclic) bond motifs is 4. The van der Waals surface area contributed by atoms with Crippen LogP contribution in [0.4, 0.5) is 0 Å². The van der Waals surface area contributed by atoms with Crippen molar-refractivity contribution in [2.24, 2.45) is 0 Å². The van der Waals surface area contributed by atoms with Crippen LogP contribution in [-0.4, -0.2) is 286 Å². The van der Waals surface area contributed by atoms with Crippen LogP contribution in [0.25, 0.3) is 0 Å². The molecular weight excluding hydrogens is 1290 g/mol.